The predicted octanol–water partition coefficient (Wildman–Crippen LogP) is 4.01. The third-order valence-corrected chi connectivity index (χ3v) is 7.74. The number of nitrogens with one attached hydrogen (secondary N) is 2. The number of methoxy groups -OCH3 is 4. The number of benzene rings is 3. The van der Waals surface area contributed by atoms with E-state index in [1.807, 2.05) is 4.90 Å². The van der Waals surface area contributed by atoms with Crippen LogP contribution in [-0.4, -0.2) is 69.1 Å². The van der Waals surface area contributed by atoms with Crippen LogP contribution in [0.3, 0.4) is 0 Å². The number of carbonyl (C=O) groups excluding carboxylic acids is 1. The van der Waals surface area contributed by atoms with Gasteiger partial charge in [0.2, 0.25) is 11.7 Å². The summed E-state index contributed by atoms with van der Waals surface area (Å²) in [5.41, 5.74) is 1.85. The van der Waals surface area contributed by atoms with E-state index < -0.39 is 15.9 Å². The van der Waals surface area contributed by atoms with Gasteiger partial charge in [-0.05, 0) is 66.2 Å². The number of hydrogen-bond acceptors (Lipinski definition) is 9. The van der Waals surface area contributed by atoms with Crippen molar-refractivity contribution in [1.82, 2.24) is 0 Å². The standard InChI is InChI=1S/C29H33N3O8S/c1-36-23-9-6-21(7-10-23)31-41(34,35)27-19-22(8-11-24(27)32-13-15-40-16-14-32)30-28(33)12-5-20-17-25(37-2)29(39-4)26(18-20)38-3/h5-12,17-19,31H,13-16H2,1-4H3,(H,30,33)/b12-5+. The van der Waals surface area contributed by atoms with Crippen LogP contribution in [-0.2, 0) is 19.6 Å². The van der Waals surface area contributed by atoms with Gasteiger partial charge in [-0.15, -0.1) is 0 Å². The van der Waals surface area contributed by atoms with Crippen molar-refractivity contribution in [3.05, 3.63) is 66.2 Å². The van der Waals surface area contributed by atoms with E-state index in [1.54, 1.807) is 54.6 Å². The lowest BCUT2D eigenvalue weighted by Gasteiger charge is -2.30. The quantitative estimate of drug-likeness (QED) is 0.322. The third kappa shape index (κ3) is 7.21. The Balaban J connectivity index is 1.60. The highest BCUT2D eigenvalue weighted by Crippen LogP contribution is 2.38. The maximum absolute atomic E-state index is 13.6. The monoisotopic (exact) mass is 583 g/mol. The molecule has 1 fully saturated rings. The molecule has 1 saturated heterocycles. The molecule has 218 valence electrons. The molecule has 1 heterocycles. The second-order valence-corrected chi connectivity index (χ2v) is 10.5. The zero-order chi connectivity index (χ0) is 29.4. The molecular formula is C29H33N3O8S. The van der Waals surface area contributed by atoms with Gasteiger partial charge in [0.15, 0.2) is 11.5 Å². The molecule has 12 heteroatoms. The summed E-state index contributed by atoms with van der Waals surface area (Å²) in [5, 5.41) is 2.75. The lowest BCUT2D eigenvalue weighted by Crippen LogP contribution is -2.37. The summed E-state index contributed by atoms with van der Waals surface area (Å²) in [6, 6.07) is 14.8. The summed E-state index contributed by atoms with van der Waals surface area (Å²) < 4.78 is 56.4. The maximum Gasteiger partial charge on any atom is 0.264 e. The lowest BCUT2D eigenvalue weighted by molar-refractivity contribution is -0.111. The number of anilines is 3. The maximum atomic E-state index is 13.6. The van der Waals surface area contributed by atoms with Crippen molar-refractivity contribution in [2.24, 2.45) is 0 Å². The van der Waals surface area contributed by atoms with Crippen LogP contribution < -0.4 is 33.9 Å². The predicted molar refractivity (Wildman–Crippen MR) is 157 cm³/mol. The Morgan fingerprint density at radius 2 is 1.49 bits per heavy atom. The molecule has 4 rings (SSSR count). The molecule has 0 unspecified atom stereocenters. The number of amides is 1. The number of ether oxygens (including phenoxy) is 5. The molecule has 3 aromatic carbocycles. The molecule has 0 radical (unpaired) electrons. The number of sulfonamides is 1. The topological polar surface area (TPSA) is 125 Å². The van der Waals surface area contributed by atoms with Gasteiger partial charge in [0.25, 0.3) is 10.0 Å². The Labute approximate surface area is 239 Å². The average Bonchev–Trinajstić information content (AvgIpc) is 3.00. The molecule has 2 N–H and O–H groups in total. The van der Waals surface area contributed by atoms with Crippen molar-refractivity contribution in [3.63, 3.8) is 0 Å². The Bertz CT molecular complexity index is 1480. The largest absolute Gasteiger partial charge is 0.497 e. The van der Waals surface area contributed by atoms with Gasteiger partial charge < -0.3 is 33.9 Å². The number of morpholine rings is 1. The highest BCUT2D eigenvalue weighted by atomic mass is 32.2. The Kier molecular flexibility index (Phi) is 9.58. The molecular weight excluding hydrogens is 550 g/mol. The second kappa shape index (κ2) is 13.3. The van der Waals surface area contributed by atoms with Gasteiger partial charge in [0.05, 0.1) is 47.3 Å². The fraction of sp³-hybridized carbons (Fsp3) is 0.276. The minimum Gasteiger partial charge on any atom is -0.497 e. The van der Waals surface area contributed by atoms with E-state index in [-0.39, 0.29) is 4.90 Å². The summed E-state index contributed by atoms with van der Waals surface area (Å²) in [6.07, 6.45) is 2.92. The molecule has 41 heavy (non-hydrogen) atoms. The highest BCUT2D eigenvalue weighted by Gasteiger charge is 2.24. The second-order valence-electron chi connectivity index (χ2n) is 8.90. The first-order chi connectivity index (χ1) is 19.8. The molecule has 1 aliphatic heterocycles. The van der Waals surface area contributed by atoms with Crippen LogP contribution in [0.15, 0.2) is 65.6 Å². The van der Waals surface area contributed by atoms with Crippen LogP contribution in [0.1, 0.15) is 5.56 Å². The summed E-state index contributed by atoms with van der Waals surface area (Å²) >= 11 is 0. The van der Waals surface area contributed by atoms with E-state index in [1.165, 1.54) is 40.6 Å². The molecule has 1 aliphatic rings. The van der Waals surface area contributed by atoms with E-state index in [0.717, 1.165) is 0 Å². The summed E-state index contributed by atoms with van der Waals surface area (Å²) in [6.45, 7) is 2.04. The van der Waals surface area contributed by atoms with Gasteiger partial charge in [0.1, 0.15) is 10.6 Å². The minimum absolute atomic E-state index is 0.0293. The fourth-order valence-corrected chi connectivity index (χ4v) is 5.61. The Morgan fingerprint density at radius 1 is 0.854 bits per heavy atom. The van der Waals surface area contributed by atoms with E-state index in [2.05, 4.69) is 10.0 Å². The molecule has 1 amide bonds. The number of nitrogens with zero attached hydrogens (tertiary/aromatic N) is 1. The van der Waals surface area contributed by atoms with Gasteiger partial charge in [-0.25, -0.2) is 8.42 Å². The zero-order valence-electron chi connectivity index (χ0n) is 23.3. The van der Waals surface area contributed by atoms with Gasteiger partial charge >= 0.3 is 0 Å². The van der Waals surface area contributed by atoms with Gasteiger partial charge in [0, 0.05) is 30.5 Å². The number of hydrogen-bond donors (Lipinski definition) is 2. The van der Waals surface area contributed by atoms with Crippen molar-refractivity contribution < 1.29 is 36.9 Å². The van der Waals surface area contributed by atoms with Crippen LogP contribution in [0.4, 0.5) is 17.1 Å². The molecule has 0 atom stereocenters. The van der Waals surface area contributed by atoms with E-state index in [4.69, 9.17) is 23.7 Å². The molecule has 0 aliphatic carbocycles. The van der Waals surface area contributed by atoms with E-state index in [9.17, 15) is 13.2 Å². The SMILES string of the molecule is COc1ccc(NS(=O)(=O)c2cc(NC(=O)/C=C/c3cc(OC)c(OC)c(OC)c3)ccc2N2CCOCC2)cc1. The normalized spacial score (nSPS) is 13.5. The molecule has 0 saturated carbocycles. The molecule has 0 bridgehead atoms. The lowest BCUT2D eigenvalue weighted by atomic mass is 10.1. The number of carbonyl (C=O) groups is 1. The molecule has 0 aromatic heterocycles. The first-order valence-electron chi connectivity index (χ1n) is 12.7. The first-order valence-corrected chi connectivity index (χ1v) is 14.2. The minimum atomic E-state index is -4.03. The van der Waals surface area contributed by atoms with Crippen LogP contribution in [0.2, 0.25) is 0 Å². The van der Waals surface area contributed by atoms with Crippen molar-refractivity contribution in [2.75, 3.05) is 69.7 Å². The molecule has 11 nitrogen and oxygen atoms in total. The van der Waals surface area contributed by atoms with Crippen molar-refractivity contribution in [2.45, 2.75) is 4.90 Å². The molecule has 0 spiro atoms. The van der Waals surface area contributed by atoms with Crippen LogP contribution in [0.25, 0.3) is 6.08 Å². The van der Waals surface area contributed by atoms with Gasteiger partial charge in [-0.1, -0.05) is 0 Å². The third-order valence-electron chi connectivity index (χ3n) is 6.33. The summed E-state index contributed by atoms with van der Waals surface area (Å²) in [7, 11) is 2.03. The van der Waals surface area contributed by atoms with Crippen molar-refractivity contribution >= 4 is 39.1 Å². The van der Waals surface area contributed by atoms with E-state index >= 15 is 0 Å². The summed E-state index contributed by atoms with van der Waals surface area (Å²) in [4.78, 5) is 14.8. The van der Waals surface area contributed by atoms with E-state index in [0.29, 0.717) is 71.9 Å². The average molecular weight is 584 g/mol. The summed E-state index contributed by atoms with van der Waals surface area (Å²) in [5.74, 6) is 1.49. The molecule has 3 aromatic rings. The fourth-order valence-electron chi connectivity index (χ4n) is 4.30. The van der Waals surface area contributed by atoms with Crippen LogP contribution in [0, 0.1) is 0 Å². The van der Waals surface area contributed by atoms with Gasteiger partial charge in [-0.3, -0.25) is 9.52 Å². The van der Waals surface area contributed by atoms with Gasteiger partial charge in [-0.2, -0.15) is 0 Å². The van der Waals surface area contributed by atoms with Crippen molar-refractivity contribution in [1.29, 1.82) is 0 Å². The smallest absolute Gasteiger partial charge is 0.264 e. The first kappa shape index (κ1) is 29.6. The van der Waals surface area contributed by atoms with Crippen molar-refractivity contribution in [3.8, 4) is 23.0 Å². The number of rotatable bonds is 11. The van der Waals surface area contributed by atoms with Crippen LogP contribution in [0.5, 0.6) is 23.0 Å². The Morgan fingerprint density at radius 3 is 2.07 bits per heavy atom. The van der Waals surface area contributed by atoms with Crippen LogP contribution >= 0.6 is 0 Å². The highest BCUT2D eigenvalue weighted by molar-refractivity contribution is 7.92. The Hall–Kier alpha value is -4.42. The zero-order valence-corrected chi connectivity index (χ0v) is 24.1.